The Morgan fingerprint density at radius 1 is 1.00 bits per heavy atom. The van der Waals surface area contributed by atoms with Crippen molar-refractivity contribution in [3.8, 4) is 0 Å². The molecule has 0 unspecified atom stereocenters. The van der Waals surface area contributed by atoms with Crippen molar-refractivity contribution in [1.82, 2.24) is 9.21 Å². The van der Waals surface area contributed by atoms with Crippen molar-refractivity contribution in [2.24, 2.45) is 0 Å². The lowest BCUT2D eigenvalue weighted by Gasteiger charge is -2.19. The molecule has 0 amide bonds. The Balaban J connectivity index is 3.10. The summed E-state index contributed by atoms with van der Waals surface area (Å²) in [6.45, 7) is 0.749. The highest BCUT2D eigenvalue weighted by atomic mass is 32.3. The second-order valence-corrected chi connectivity index (χ2v) is 7.93. The number of hydrogen-bond acceptors (Lipinski definition) is 5. The predicted molar refractivity (Wildman–Crippen MR) is 73.1 cm³/mol. The molecule has 1 rings (SSSR count). The lowest BCUT2D eigenvalue weighted by atomic mass is 10.4. The smallest absolute Gasteiger partial charge is 0.308 e. The van der Waals surface area contributed by atoms with E-state index >= 15 is 0 Å². The second kappa shape index (κ2) is 6.17. The van der Waals surface area contributed by atoms with Crippen LogP contribution in [-0.4, -0.2) is 60.3 Å². The number of nitrogens with zero attached hydrogens (tertiary/aromatic N) is 2. The van der Waals surface area contributed by atoms with E-state index in [0.717, 1.165) is 16.4 Å². The minimum Gasteiger partial charge on any atom is -0.308 e. The molecule has 0 aliphatic rings. The van der Waals surface area contributed by atoms with Crippen LogP contribution < -0.4 is 0 Å². The summed E-state index contributed by atoms with van der Waals surface area (Å²) in [5, 5.41) is 0. The Hall–Kier alpha value is -1.03. The molecule has 0 spiro atoms. The quantitative estimate of drug-likeness (QED) is 0.714. The number of rotatable bonds is 6. The largest absolute Gasteiger partial charge is 0.332 e. The van der Waals surface area contributed by atoms with E-state index in [4.69, 9.17) is 0 Å². The van der Waals surface area contributed by atoms with Crippen LogP contribution in [0.1, 0.15) is 0 Å². The third kappa shape index (κ3) is 4.23. The highest BCUT2D eigenvalue weighted by Crippen LogP contribution is 2.19. The van der Waals surface area contributed by atoms with E-state index < -0.39 is 25.1 Å². The molecule has 1 aromatic carbocycles. The number of likely N-dealkylation sites (N-methyl/N-ethyl adjacent to an activating group) is 2. The maximum atomic E-state index is 12.9. The number of hydrogen-bond donors (Lipinski definition) is 0. The SMILES string of the molecule is CN(C)CCN(C)S(=O)(=O)c1cccc(S(=O)(=O)F)c1. The average Bonchev–Trinajstić information content (AvgIpc) is 2.34. The van der Waals surface area contributed by atoms with Crippen LogP contribution in [0.4, 0.5) is 3.89 Å². The van der Waals surface area contributed by atoms with Gasteiger partial charge in [-0.2, -0.15) is 12.7 Å². The summed E-state index contributed by atoms with van der Waals surface area (Å²) in [4.78, 5) is 0.895. The Bertz CT molecular complexity index is 671. The summed E-state index contributed by atoms with van der Waals surface area (Å²) in [6.07, 6.45) is 0. The van der Waals surface area contributed by atoms with Crippen molar-refractivity contribution in [1.29, 1.82) is 0 Å². The second-order valence-electron chi connectivity index (χ2n) is 4.54. The van der Waals surface area contributed by atoms with Gasteiger partial charge < -0.3 is 4.90 Å². The van der Waals surface area contributed by atoms with Gasteiger partial charge in [0.25, 0.3) is 0 Å². The number of sulfonamides is 1. The Kier molecular flexibility index (Phi) is 5.25. The first-order chi connectivity index (χ1) is 9.05. The van der Waals surface area contributed by atoms with Crippen LogP contribution in [0.25, 0.3) is 0 Å². The molecule has 0 heterocycles. The summed E-state index contributed by atoms with van der Waals surface area (Å²) < 4.78 is 60.1. The van der Waals surface area contributed by atoms with Gasteiger partial charge in [0.05, 0.1) is 9.79 Å². The zero-order chi connectivity index (χ0) is 15.6. The summed E-state index contributed by atoms with van der Waals surface area (Å²) in [6, 6.07) is 4.25. The van der Waals surface area contributed by atoms with Crippen molar-refractivity contribution in [2.75, 3.05) is 34.2 Å². The van der Waals surface area contributed by atoms with Gasteiger partial charge in [0, 0.05) is 20.1 Å². The van der Waals surface area contributed by atoms with Gasteiger partial charge in [0.1, 0.15) is 0 Å². The summed E-state index contributed by atoms with van der Waals surface area (Å²) in [5.74, 6) is 0. The van der Waals surface area contributed by atoms with E-state index in [0.29, 0.717) is 6.54 Å². The zero-order valence-corrected chi connectivity index (χ0v) is 13.1. The van der Waals surface area contributed by atoms with E-state index in [-0.39, 0.29) is 11.4 Å². The number of halogens is 1. The first kappa shape index (κ1) is 17.0. The maximum Gasteiger partial charge on any atom is 0.332 e. The summed E-state index contributed by atoms with van der Waals surface area (Å²) in [5.41, 5.74) is 0. The molecule has 0 aromatic heterocycles. The van der Waals surface area contributed by atoms with Crippen LogP contribution >= 0.6 is 0 Å². The summed E-state index contributed by atoms with van der Waals surface area (Å²) in [7, 11) is -3.78. The van der Waals surface area contributed by atoms with Crippen LogP contribution in [0.5, 0.6) is 0 Å². The molecule has 0 saturated heterocycles. The molecule has 114 valence electrons. The molecular weight excluding hydrogens is 307 g/mol. The van der Waals surface area contributed by atoms with Gasteiger partial charge in [0.15, 0.2) is 0 Å². The molecule has 0 radical (unpaired) electrons. The van der Waals surface area contributed by atoms with Gasteiger partial charge >= 0.3 is 10.2 Å². The molecule has 0 fully saturated rings. The number of benzene rings is 1. The van der Waals surface area contributed by atoms with E-state index in [1.165, 1.54) is 19.2 Å². The van der Waals surface area contributed by atoms with Crippen LogP contribution in [-0.2, 0) is 20.2 Å². The van der Waals surface area contributed by atoms with Crippen LogP contribution in [0, 0.1) is 0 Å². The molecule has 0 saturated carbocycles. The monoisotopic (exact) mass is 324 g/mol. The van der Waals surface area contributed by atoms with Crippen molar-refractivity contribution in [3.05, 3.63) is 24.3 Å². The van der Waals surface area contributed by atoms with Crippen molar-refractivity contribution >= 4 is 20.2 Å². The standard InChI is InChI=1S/C11H17FN2O4S2/c1-13(2)7-8-14(3)20(17,18)11-6-4-5-10(9-11)19(12,15)16/h4-6,9H,7-8H2,1-3H3. The van der Waals surface area contributed by atoms with E-state index in [2.05, 4.69) is 0 Å². The van der Waals surface area contributed by atoms with Gasteiger partial charge in [0.2, 0.25) is 10.0 Å². The zero-order valence-electron chi connectivity index (χ0n) is 11.4. The normalized spacial score (nSPS) is 13.1. The van der Waals surface area contributed by atoms with Gasteiger partial charge in [-0.3, -0.25) is 0 Å². The van der Waals surface area contributed by atoms with E-state index in [1.807, 2.05) is 4.90 Å². The van der Waals surface area contributed by atoms with Crippen LogP contribution in [0.3, 0.4) is 0 Å². The molecule has 0 N–H and O–H groups in total. The van der Waals surface area contributed by atoms with Crippen molar-refractivity contribution in [3.63, 3.8) is 0 Å². The molecule has 0 bridgehead atoms. The van der Waals surface area contributed by atoms with E-state index in [1.54, 1.807) is 14.1 Å². The Labute approximate surface area is 119 Å². The predicted octanol–water partition coefficient (Wildman–Crippen LogP) is 0.527. The Morgan fingerprint density at radius 3 is 2.05 bits per heavy atom. The fourth-order valence-corrected chi connectivity index (χ4v) is 3.22. The lowest BCUT2D eigenvalue weighted by molar-refractivity contribution is 0.358. The van der Waals surface area contributed by atoms with Gasteiger partial charge in [-0.05, 0) is 32.3 Å². The molecular formula is C11H17FN2O4S2. The highest BCUT2D eigenvalue weighted by Gasteiger charge is 2.23. The fraction of sp³-hybridized carbons (Fsp3) is 0.455. The third-order valence-electron chi connectivity index (χ3n) is 2.66. The molecule has 0 aliphatic heterocycles. The topological polar surface area (TPSA) is 74.8 Å². The van der Waals surface area contributed by atoms with Crippen molar-refractivity contribution < 1.29 is 20.7 Å². The first-order valence-corrected chi connectivity index (χ1v) is 8.53. The molecule has 0 aliphatic carbocycles. The molecule has 0 atom stereocenters. The average molecular weight is 324 g/mol. The molecule has 9 heteroatoms. The minimum absolute atomic E-state index is 0.238. The molecule has 1 aromatic rings. The first-order valence-electron chi connectivity index (χ1n) is 5.71. The third-order valence-corrected chi connectivity index (χ3v) is 5.33. The fourth-order valence-electron chi connectivity index (χ4n) is 1.43. The van der Waals surface area contributed by atoms with Gasteiger partial charge in [-0.15, -0.1) is 3.89 Å². The maximum absolute atomic E-state index is 12.9. The summed E-state index contributed by atoms with van der Waals surface area (Å²) >= 11 is 0. The highest BCUT2D eigenvalue weighted by molar-refractivity contribution is 7.89. The molecule has 6 nitrogen and oxygen atoms in total. The lowest BCUT2D eigenvalue weighted by Crippen LogP contribution is -2.33. The minimum atomic E-state index is -4.93. The van der Waals surface area contributed by atoms with Gasteiger partial charge in [-0.25, -0.2) is 8.42 Å². The van der Waals surface area contributed by atoms with Gasteiger partial charge in [-0.1, -0.05) is 6.07 Å². The van der Waals surface area contributed by atoms with Crippen LogP contribution in [0.15, 0.2) is 34.1 Å². The van der Waals surface area contributed by atoms with E-state index in [9.17, 15) is 20.7 Å². The molecule has 20 heavy (non-hydrogen) atoms. The Morgan fingerprint density at radius 2 is 1.55 bits per heavy atom. The van der Waals surface area contributed by atoms with Crippen LogP contribution in [0.2, 0.25) is 0 Å². The van der Waals surface area contributed by atoms with Crippen molar-refractivity contribution in [2.45, 2.75) is 9.79 Å².